The third-order valence-corrected chi connectivity index (χ3v) is 4.55. The molecule has 2 aliphatic rings. The van der Waals surface area contributed by atoms with Gasteiger partial charge in [-0.05, 0) is 37.8 Å². The molecule has 4 heteroatoms. The largest absolute Gasteiger partial charge is 0.380 e. The van der Waals surface area contributed by atoms with Gasteiger partial charge >= 0.3 is 0 Å². The van der Waals surface area contributed by atoms with Crippen molar-refractivity contribution in [1.29, 1.82) is 0 Å². The van der Waals surface area contributed by atoms with Gasteiger partial charge in [0.25, 0.3) is 0 Å². The van der Waals surface area contributed by atoms with Crippen molar-refractivity contribution >= 4 is 5.69 Å². The van der Waals surface area contributed by atoms with E-state index < -0.39 is 11.6 Å². The molecule has 1 aliphatic carbocycles. The second kappa shape index (κ2) is 5.68. The van der Waals surface area contributed by atoms with Crippen molar-refractivity contribution in [2.75, 3.05) is 11.9 Å². The number of nitrogens with one attached hydrogen (secondary N) is 1. The fraction of sp³-hybridized carbons (Fsp3) is 0.625. The minimum atomic E-state index is -0.550. The molecule has 0 radical (unpaired) electrons. The molecular weight excluding hydrogens is 260 g/mol. The summed E-state index contributed by atoms with van der Waals surface area (Å²) in [5, 5.41) is 3.04. The van der Waals surface area contributed by atoms with E-state index >= 15 is 0 Å². The number of halogens is 2. The molecule has 1 aromatic carbocycles. The van der Waals surface area contributed by atoms with Crippen LogP contribution >= 0.6 is 0 Å². The Bertz CT molecular complexity index is 472. The smallest absolute Gasteiger partial charge is 0.149 e. The summed E-state index contributed by atoms with van der Waals surface area (Å²) in [5.41, 5.74) is 0.436. The maximum Gasteiger partial charge on any atom is 0.149 e. The lowest BCUT2D eigenvalue weighted by Crippen LogP contribution is -2.33. The van der Waals surface area contributed by atoms with Crippen LogP contribution in [0.3, 0.4) is 0 Å². The van der Waals surface area contributed by atoms with Crippen LogP contribution in [0, 0.1) is 11.6 Å². The van der Waals surface area contributed by atoms with Gasteiger partial charge in [0.2, 0.25) is 0 Å². The molecule has 1 saturated heterocycles. The van der Waals surface area contributed by atoms with Crippen LogP contribution in [0.1, 0.15) is 44.9 Å². The molecular formula is C16H21F2NO. The number of hydrogen-bond donors (Lipinski definition) is 1. The molecule has 2 fully saturated rings. The standard InChI is InChI=1S/C16H21F2NO/c17-12-4-5-15(14(18)10-12)19-11-13-6-9-16(20-13)7-2-1-3-8-16/h4-5,10,13,19H,1-3,6-9,11H2. The molecule has 2 nitrogen and oxygen atoms in total. The summed E-state index contributed by atoms with van der Waals surface area (Å²) in [6.07, 6.45) is 8.43. The Morgan fingerprint density at radius 1 is 1.15 bits per heavy atom. The predicted octanol–water partition coefficient (Wildman–Crippen LogP) is 4.26. The zero-order chi connectivity index (χ0) is 14.0. The predicted molar refractivity (Wildman–Crippen MR) is 74.8 cm³/mol. The van der Waals surface area contributed by atoms with Crippen LogP contribution in [-0.4, -0.2) is 18.2 Å². The zero-order valence-electron chi connectivity index (χ0n) is 11.6. The van der Waals surface area contributed by atoms with Gasteiger partial charge in [-0.3, -0.25) is 0 Å². The molecule has 1 heterocycles. The average molecular weight is 281 g/mol. The van der Waals surface area contributed by atoms with Gasteiger partial charge < -0.3 is 10.1 Å². The summed E-state index contributed by atoms with van der Waals surface area (Å²) >= 11 is 0. The van der Waals surface area contributed by atoms with Crippen LogP contribution in [0.15, 0.2) is 18.2 Å². The van der Waals surface area contributed by atoms with Gasteiger partial charge in [0, 0.05) is 12.6 Å². The highest BCUT2D eigenvalue weighted by molar-refractivity contribution is 5.44. The first-order valence-corrected chi connectivity index (χ1v) is 7.54. The Morgan fingerprint density at radius 2 is 1.95 bits per heavy atom. The lowest BCUT2D eigenvalue weighted by Gasteiger charge is -2.33. The first-order chi connectivity index (χ1) is 9.67. The van der Waals surface area contributed by atoms with E-state index in [1.54, 1.807) is 0 Å². The lowest BCUT2D eigenvalue weighted by atomic mass is 9.83. The van der Waals surface area contributed by atoms with Gasteiger partial charge in [-0.25, -0.2) is 8.78 Å². The second-order valence-electron chi connectivity index (χ2n) is 6.03. The molecule has 0 amide bonds. The summed E-state index contributed by atoms with van der Waals surface area (Å²) in [6, 6.07) is 3.61. The van der Waals surface area contributed by atoms with E-state index in [2.05, 4.69) is 5.32 Å². The topological polar surface area (TPSA) is 21.3 Å². The quantitative estimate of drug-likeness (QED) is 0.894. The molecule has 110 valence electrons. The normalized spacial score (nSPS) is 25.0. The Labute approximate surface area is 118 Å². The number of benzene rings is 1. The summed E-state index contributed by atoms with van der Waals surface area (Å²) in [5.74, 6) is -1.10. The number of anilines is 1. The molecule has 0 bridgehead atoms. The van der Waals surface area contributed by atoms with Crippen molar-refractivity contribution in [3.05, 3.63) is 29.8 Å². The average Bonchev–Trinajstić information content (AvgIpc) is 2.82. The lowest BCUT2D eigenvalue weighted by molar-refractivity contribution is -0.0588. The van der Waals surface area contributed by atoms with E-state index in [-0.39, 0.29) is 11.7 Å². The summed E-state index contributed by atoms with van der Waals surface area (Å²) < 4.78 is 32.6. The van der Waals surface area contributed by atoms with E-state index in [4.69, 9.17) is 4.74 Å². The Hall–Kier alpha value is -1.16. The Morgan fingerprint density at radius 3 is 2.70 bits per heavy atom. The van der Waals surface area contributed by atoms with Gasteiger partial charge in [-0.1, -0.05) is 19.3 Å². The fourth-order valence-corrected chi connectivity index (χ4v) is 3.46. The summed E-state index contributed by atoms with van der Waals surface area (Å²) in [4.78, 5) is 0. The van der Waals surface area contributed by atoms with Crippen molar-refractivity contribution in [3.63, 3.8) is 0 Å². The Balaban J connectivity index is 1.54. The minimum Gasteiger partial charge on any atom is -0.380 e. The van der Waals surface area contributed by atoms with E-state index in [1.807, 2.05) is 0 Å². The maximum absolute atomic E-state index is 13.5. The molecule has 3 rings (SSSR count). The van der Waals surface area contributed by atoms with Crippen LogP contribution in [0.5, 0.6) is 0 Å². The first-order valence-electron chi connectivity index (χ1n) is 7.54. The number of rotatable bonds is 3. The van der Waals surface area contributed by atoms with Gasteiger partial charge in [-0.2, -0.15) is 0 Å². The van der Waals surface area contributed by atoms with Crippen molar-refractivity contribution in [2.24, 2.45) is 0 Å². The van der Waals surface area contributed by atoms with Crippen molar-refractivity contribution in [3.8, 4) is 0 Å². The molecule has 1 unspecified atom stereocenters. The van der Waals surface area contributed by atoms with Gasteiger partial charge in [0.15, 0.2) is 0 Å². The monoisotopic (exact) mass is 281 g/mol. The summed E-state index contributed by atoms with van der Waals surface area (Å²) in [7, 11) is 0. The minimum absolute atomic E-state index is 0.0892. The molecule has 1 aromatic rings. The van der Waals surface area contributed by atoms with E-state index in [9.17, 15) is 8.78 Å². The highest BCUT2D eigenvalue weighted by atomic mass is 19.1. The van der Waals surface area contributed by atoms with Crippen LogP contribution in [0.2, 0.25) is 0 Å². The first kappa shape index (κ1) is 13.8. The molecule has 0 aromatic heterocycles. The number of ether oxygens (including phenoxy) is 1. The van der Waals surface area contributed by atoms with Gasteiger partial charge in [-0.15, -0.1) is 0 Å². The highest BCUT2D eigenvalue weighted by Crippen LogP contribution is 2.41. The van der Waals surface area contributed by atoms with Crippen molar-refractivity contribution in [2.45, 2.75) is 56.7 Å². The maximum atomic E-state index is 13.5. The zero-order valence-corrected chi connectivity index (χ0v) is 11.6. The summed E-state index contributed by atoms with van der Waals surface area (Å²) in [6.45, 7) is 0.588. The third kappa shape index (κ3) is 2.95. The Kier molecular flexibility index (Phi) is 3.92. The second-order valence-corrected chi connectivity index (χ2v) is 6.03. The van der Waals surface area contributed by atoms with Gasteiger partial charge in [0.05, 0.1) is 17.4 Å². The van der Waals surface area contributed by atoms with Crippen LogP contribution in [0.25, 0.3) is 0 Å². The van der Waals surface area contributed by atoms with Crippen molar-refractivity contribution in [1.82, 2.24) is 0 Å². The third-order valence-electron chi connectivity index (χ3n) is 4.55. The van der Waals surface area contributed by atoms with Crippen LogP contribution < -0.4 is 5.32 Å². The molecule has 1 spiro atoms. The fourth-order valence-electron chi connectivity index (χ4n) is 3.46. The van der Waals surface area contributed by atoms with E-state index in [1.165, 1.54) is 31.4 Å². The van der Waals surface area contributed by atoms with E-state index in [0.717, 1.165) is 31.7 Å². The van der Waals surface area contributed by atoms with Crippen LogP contribution in [-0.2, 0) is 4.74 Å². The van der Waals surface area contributed by atoms with Gasteiger partial charge in [0.1, 0.15) is 11.6 Å². The molecule has 20 heavy (non-hydrogen) atoms. The number of hydrogen-bond acceptors (Lipinski definition) is 2. The van der Waals surface area contributed by atoms with Crippen molar-refractivity contribution < 1.29 is 13.5 Å². The van der Waals surface area contributed by atoms with Crippen LogP contribution in [0.4, 0.5) is 14.5 Å². The van der Waals surface area contributed by atoms with E-state index in [0.29, 0.717) is 12.2 Å². The molecule has 1 aliphatic heterocycles. The SMILES string of the molecule is Fc1ccc(NCC2CCC3(CCCCC3)O2)c(F)c1. The molecule has 1 saturated carbocycles. The molecule has 1 atom stereocenters. The highest BCUT2D eigenvalue weighted by Gasteiger charge is 2.40. The molecule has 1 N–H and O–H groups in total.